The second-order valence-corrected chi connectivity index (χ2v) is 7.80. The Morgan fingerprint density at radius 3 is 2.93 bits per heavy atom. The number of hydrogen-bond acceptors (Lipinski definition) is 5. The van der Waals surface area contributed by atoms with Gasteiger partial charge in [0, 0.05) is 39.0 Å². The van der Waals surface area contributed by atoms with Crippen LogP contribution in [0.4, 0.5) is 5.82 Å². The van der Waals surface area contributed by atoms with Crippen molar-refractivity contribution in [2.45, 2.75) is 32.6 Å². The van der Waals surface area contributed by atoms with Gasteiger partial charge in [0.2, 0.25) is 11.8 Å². The summed E-state index contributed by atoms with van der Waals surface area (Å²) >= 11 is 1.62. The van der Waals surface area contributed by atoms with E-state index >= 15 is 0 Å². The van der Waals surface area contributed by atoms with Gasteiger partial charge in [-0.3, -0.25) is 14.7 Å². The molecule has 7 nitrogen and oxygen atoms in total. The lowest BCUT2D eigenvalue weighted by Crippen LogP contribution is -2.34. The van der Waals surface area contributed by atoms with Crippen molar-refractivity contribution in [3.05, 3.63) is 23.6 Å². The molecule has 1 aliphatic heterocycles. The third kappa shape index (κ3) is 5.90. The van der Waals surface area contributed by atoms with Gasteiger partial charge in [0.05, 0.1) is 4.88 Å². The SMILES string of the molecule is CC(=O)N1CCCN(CCCCC(=O)Nc2cc(-c3cccs3)n[nH]2)CC1. The highest BCUT2D eigenvalue weighted by Gasteiger charge is 2.16. The Labute approximate surface area is 163 Å². The molecule has 2 aromatic heterocycles. The number of nitrogens with one attached hydrogen (secondary N) is 2. The number of hydrogen-bond donors (Lipinski definition) is 2. The zero-order valence-electron chi connectivity index (χ0n) is 15.7. The Kier molecular flexibility index (Phi) is 7.00. The molecule has 0 radical (unpaired) electrons. The van der Waals surface area contributed by atoms with Gasteiger partial charge in [-0.2, -0.15) is 5.10 Å². The number of nitrogens with zero attached hydrogens (tertiary/aromatic N) is 3. The first kappa shape index (κ1) is 19.6. The van der Waals surface area contributed by atoms with Crippen LogP contribution in [0.15, 0.2) is 23.6 Å². The molecule has 2 N–H and O–H groups in total. The van der Waals surface area contributed by atoms with Crippen LogP contribution in [0.3, 0.4) is 0 Å². The van der Waals surface area contributed by atoms with Gasteiger partial charge in [-0.15, -0.1) is 11.3 Å². The van der Waals surface area contributed by atoms with E-state index in [0.717, 1.165) is 62.6 Å². The van der Waals surface area contributed by atoms with Crippen LogP contribution in [0.1, 0.15) is 32.6 Å². The summed E-state index contributed by atoms with van der Waals surface area (Å²) in [5.74, 6) is 0.810. The minimum Gasteiger partial charge on any atom is -0.342 e. The summed E-state index contributed by atoms with van der Waals surface area (Å²) in [7, 11) is 0. The molecule has 3 rings (SSSR count). The average Bonchev–Trinajstić information content (AvgIpc) is 3.26. The zero-order valence-corrected chi connectivity index (χ0v) is 16.6. The van der Waals surface area contributed by atoms with Gasteiger partial charge in [0.15, 0.2) is 0 Å². The van der Waals surface area contributed by atoms with Gasteiger partial charge >= 0.3 is 0 Å². The highest BCUT2D eigenvalue weighted by Crippen LogP contribution is 2.24. The van der Waals surface area contributed by atoms with E-state index in [4.69, 9.17) is 0 Å². The minimum absolute atomic E-state index is 0.00926. The maximum absolute atomic E-state index is 12.1. The summed E-state index contributed by atoms with van der Waals surface area (Å²) < 4.78 is 0. The second-order valence-electron chi connectivity index (χ2n) is 6.85. The van der Waals surface area contributed by atoms with Crippen LogP contribution >= 0.6 is 11.3 Å². The molecule has 0 saturated carbocycles. The molecule has 0 atom stereocenters. The van der Waals surface area contributed by atoms with Crippen molar-refractivity contribution in [1.82, 2.24) is 20.0 Å². The number of aromatic amines is 1. The number of aromatic nitrogens is 2. The minimum atomic E-state index is 0.00926. The molecule has 0 aliphatic carbocycles. The summed E-state index contributed by atoms with van der Waals surface area (Å²) in [6.45, 7) is 6.22. The Bertz CT molecular complexity index is 743. The molecular formula is C19H27N5O2S. The van der Waals surface area contributed by atoms with Gasteiger partial charge in [0.1, 0.15) is 11.5 Å². The predicted molar refractivity (Wildman–Crippen MR) is 108 cm³/mol. The van der Waals surface area contributed by atoms with Gasteiger partial charge in [0.25, 0.3) is 0 Å². The maximum atomic E-state index is 12.1. The third-order valence-corrected chi connectivity index (χ3v) is 5.68. The van der Waals surface area contributed by atoms with E-state index in [9.17, 15) is 9.59 Å². The average molecular weight is 390 g/mol. The Hall–Kier alpha value is -2.19. The summed E-state index contributed by atoms with van der Waals surface area (Å²) in [4.78, 5) is 29.0. The maximum Gasteiger partial charge on any atom is 0.225 e. The number of H-pyrrole nitrogens is 1. The number of unbranched alkanes of at least 4 members (excludes halogenated alkanes) is 1. The van der Waals surface area contributed by atoms with Gasteiger partial charge < -0.3 is 15.1 Å². The van der Waals surface area contributed by atoms with Crippen LogP contribution in [0.2, 0.25) is 0 Å². The number of carbonyl (C=O) groups is 2. The standard InChI is InChI=1S/C19H27N5O2S/c1-15(25)24-10-5-9-23(11-12-24)8-3-2-7-19(26)20-18-14-16(21-22-18)17-6-4-13-27-17/h4,6,13-14H,2-3,5,7-12H2,1H3,(H2,20,21,22,26). The van der Waals surface area contributed by atoms with Crippen molar-refractivity contribution in [2.24, 2.45) is 0 Å². The highest BCUT2D eigenvalue weighted by molar-refractivity contribution is 7.13. The van der Waals surface area contributed by atoms with E-state index in [2.05, 4.69) is 20.4 Å². The molecule has 2 aromatic rings. The monoisotopic (exact) mass is 389 g/mol. The molecule has 0 unspecified atom stereocenters. The van der Waals surface area contributed by atoms with Crippen LogP contribution < -0.4 is 5.32 Å². The third-order valence-electron chi connectivity index (χ3n) is 4.79. The zero-order chi connectivity index (χ0) is 19.1. The first-order valence-corrected chi connectivity index (χ1v) is 10.4. The van der Waals surface area contributed by atoms with Crippen molar-refractivity contribution < 1.29 is 9.59 Å². The molecule has 0 spiro atoms. The van der Waals surface area contributed by atoms with E-state index < -0.39 is 0 Å². The number of anilines is 1. The summed E-state index contributed by atoms with van der Waals surface area (Å²) in [5, 5.41) is 12.0. The van der Waals surface area contributed by atoms with E-state index in [1.807, 2.05) is 28.5 Å². The molecule has 0 aromatic carbocycles. The lowest BCUT2D eigenvalue weighted by molar-refractivity contribution is -0.128. The number of rotatable bonds is 7. The molecular weight excluding hydrogens is 362 g/mol. The molecule has 0 bridgehead atoms. The first-order chi connectivity index (χ1) is 13.1. The Morgan fingerprint density at radius 1 is 1.26 bits per heavy atom. The molecule has 2 amide bonds. The Balaban J connectivity index is 1.33. The summed E-state index contributed by atoms with van der Waals surface area (Å²) in [6.07, 6.45) is 3.36. The fraction of sp³-hybridized carbons (Fsp3) is 0.526. The van der Waals surface area contributed by atoms with Gasteiger partial charge in [-0.25, -0.2) is 0 Å². The van der Waals surface area contributed by atoms with Crippen molar-refractivity contribution in [3.63, 3.8) is 0 Å². The van der Waals surface area contributed by atoms with Gasteiger partial charge in [-0.05, 0) is 43.8 Å². The predicted octanol–water partition coefficient (Wildman–Crippen LogP) is 2.80. The van der Waals surface area contributed by atoms with Gasteiger partial charge in [-0.1, -0.05) is 6.07 Å². The topological polar surface area (TPSA) is 81.3 Å². The van der Waals surface area contributed by atoms with Crippen LogP contribution in [0.25, 0.3) is 10.6 Å². The van der Waals surface area contributed by atoms with E-state index in [1.54, 1.807) is 18.3 Å². The van der Waals surface area contributed by atoms with Crippen molar-refractivity contribution >= 4 is 29.0 Å². The molecule has 8 heteroatoms. The van der Waals surface area contributed by atoms with E-state index in [0.29, 0.717) is 12.2 Å². The molecule has 1 fully saturated rings. The van der Waals surface area contributed by atoms with Crippen LogP contribution in [0, 0.1) is 0 Å². The highest BCUT2D eigenvalue weighted by atomic mass is 32.1. The fourth-order valence-electron chi connectivity index (χ4n) is 3.28. The second kappa shape index (κ2) is 9.66. The lowest BCUT2D eigenvalue weighted by atomic mass is 10.2. The Morgan fingerprint density at radius 2 is 2.15 bits per heavy atom. The largest absolute Gasteiger partial charge is 0.342 e. The quantitative estimate of drug-likeness (QED) is 0.714. The van der Waals surface area contributed by atoms with Crippen molar-refractivity contribution in [2.75, 3.05) is 38.0 Å². The number of thiophene rings is 1. The fourth-order valence-corrected chi connectivity index (χ4v) is 3.97. The van der Waals surface area contributed by atoms with E-state index in [-0.39, 0.29) is 11.8 Å². The molecule has 1 saturated heterocycles. The van der Waals surface area contributed by atoms with Crippen LogP contribution in [0.5, 0.6) is 0 Å². The lowest BCUT2D eigenvalue weighted by Gasteiger charge is -2.20. The summed E-state index contributed by atoms with van der Waals surface area (Å²) in [6, 6.07) is 5.85. The molecule has 27 heavy (non-hydrogen) atoms. The van der Waals surface area contributed by atoms with Crippen LogP contribution in [-0.2, 0) is 9.59 Å². The molecule has 3 heterocycles. The normalized spacial score (nSPS) is 15.5. The molecule has 146 valence electrons. The molecule has 1 aliphatic rings. The number of amides is 2. The van der Waals surface area contributed by atoms with E-state index in [1.165, 1.54) is 0 Å². The summed E-state index contributed by atoms with van der Waals surface area (Å²) in [5.41, 5.74) is 0.848. The van der Waals surface area contributed by atoms with Crippen molar-refractivity contribution in [1.29, 1.82) is 0 Å². The van der Waals surface area contributed by atoms with Crippen molar-refractivity contribution in [3.8, 4) is 10.6 Å². The smallest absolute Gasteiger partial charge is 0.225 e. The number of carbonyl (C=O) groups excluding carboxylic acids is 2. The first-order valence-electron chi connectivity index (χ1n) is 9.49. The van der Waals surface area contributed by atoms with Crippen LogP contribution in [-0.4, -0.2) is 64.5 Å².